The van der Waals surface area contributed by atoms with Gasteiger partial charge in [0.15, 0.2) is 5.65 Å². The number of imidazole rings is 1. The molecule has 5 aromatic rings. The van der Waals surface area contributed by atoms with Crippen LogP contribution in [0.1, 0.15) is 26.1 Å². The van der Waals surface area contributed by atoms with Gasteiger partial charge in [0.1, 0.15) is 17.3 Å². The van der Waals surface area contributed by atoms with E-state index >= 15 is 0 Å². The third-order valence-corrected chi connectivity index (χ3v) is 5.84. The van der Waals surface area contributed by atoms with Crippen LogP contribution < -0.4 is 5.56 Å². The SMILES string of the molecule is CC(C)CCn1c(Cn2c(=O)cnc3ccc(-c4cncnc4)cc32)nc2nc(Cl)ccc21. The van der Waals surface area contributed by atoms with Gasteiger partial charge in [-0.15, -0.1) is 0 Å². The van der Waals surface area contributed by atoms with E-state index < -0.39 is 0 Å². The number of fused-ring (bicyclic) bond motifs is 2. The van der Waals surface area contributed by atoms with Crippen molar-refractivity contribution in [1.82, 2.24) is 34.1 Å². The van der Waals surface area contributed by atoms with E-state index in [1.54, 1.807) is 23.0 Å². The number of hydrogen-bond acceptors (Lipinski definition) is 6. The second-order valence-electron chi connectivity index (χ2n) is 8.35. The first-order valence-electron chi connectivity index (χ1n) is 10.8. The molecule has 4 heterocycles. The fraction of sp³-hybridized carbons (Fsp3) is 0.250. The molecule has 0 bridgehead atoms. The van der Waals surface area contributed by atoms with Crippen molar-refractivity contribution in [3.63, 3.8) is 0 Å². The lowest BCUT2D eigenvalue weighted by Crippen LogP contribution is -2.23. The minimum Gasteiger partial charge on any atom is -0.325 e. The Morgan fingerprint density at radius 3 is 2.55 bits per heavy atom. The number of rotatable bonds is 6. The predicted molar refractivity (Wildman–Crippen MR) is 128 cm³/mol. The summed E-state index contributed by atoms with van der Waals surface area (Å²) in [7, 11) is 0. The highest BCUT2D eigenvalue weighted by Gasteiger charge is 2.16. The van der Waals surface area contributed by atoms with Gasteiger partial charge >= 0.3 is 0 Å². The standard InChI is InChI=1S/C24H22ClN7O/c1-15(2)7-8-31-19-5-6-21(25)29-24(19)30-22(31)13-32-20-9-16(17-10-26-14-27-11-17)3-4-18(20)28-12-23(32)33/h3-6,9-12,14-15H,7-8,13H2,1-2H3. The van der Waals surface area contributed by atoms with Crippen molar-refractivity contribution in [3.05, 3.63) is 76.6 Å². The molecular formula is C24H22ClN7O. The van der Waals surface area contributed by atoms with Crippen LogP contribution in [-0.4, -0.2) is 34.1 Å². The first-order valence-corrected chi connectivity index (χ1v) is 11.1. The topological polar surface area (TPSA) is 91.4 Å². The molecule has 0 radical (unpaired) electrons. The zero-order valence-electron chi connectivity index (χ0n) is 18.3. The molecule has 0 unspecified atom stereocenters. The molecule has 33 heavy (non-hydrogen) atoms. The Kier molecular flexibility index (Phi) is 5.60. The van der Waals surface area contributed by atoms with E-state index in [0.29, 0.717) is 23.3 Å². The Labute approximate surface area is 195 Å². The maximum atomic E-state index is 12.9. The van der Waals surface area contributed by atoms with Crippen LogP contribution in [0.2, 0.25) is 5.15 Å². The molecule has 8 nitrogen and oxygen atoms in total. The van der Waals surface area contributed by atoms with Crippen LogP contribution in [0.3, 0.4) is 0 Å². The summed E-state index contributed by atoms with van der Waals surface area (Å²) in [4.78, 5) is 34.6. The normalized spacial score (nSPS) is 11.6. The van der Waals surface area contributed by atoms with Gasteiger partial charge < -0.3 is 4.57 Å². The third kappa shape index (κ3) is 4.21. The molecule has 0 spiro atoms. The maximum absolute atomic E-state index is 12.9. The molecule has 0 aliphatic rings. The highest BCUT2D eigenvalue weighted by molar-refractivity contribution is 6.29. The summed E-state index contributed by atoms with van der Waals surface area (Å²) < 4.78 is 3.83. The summed E-state index contributed by atoms with van der Waals surface area (Å²) in [6, 6.07) is 9.49. The summed E-state index contributed by atoms with van der Waals surface area (Å²) in [6.45, 7) is 5.43. The summed E-state index contributed by atoms with van der Waals surface area (Å²) in [5.41, 5.74) is 4.51. The zero-order chi connectivity index (χ0) is 22.9. The smallest absolute Gasteiger partial charge is 0.269 e. The Morgan fingerprint density at radius 1 is 0.939 bits per heavy atom. The average molecular weight is 460 g/mol. The third-order valence-electron chi connectivity index (χ3n) is 5.63. The van der Waals surface area contributed by atoms with Gasteiger partial charge in [0.05, 0.1) is 29.3 Å². The largest absolute Gasteiger partial charge is 0.325 e. The van der Waals surface area contributed by atoms with Crippen LogP contribution in [0.5, 0.6) is 0 Å². The van der Waals surface area contributed by atoms with Crippen molar-refractivity contribution in [2.75, 3.05) is 0 Å². The van der Waals surface area contributed by atoms with Crippen LogP contribution >= 0.6 is 11.6 Å². The predicted octanol–water partition coefficient (Wildman–Crippen LogP) is 4.35. The molecule has 166 valence electrons. The van der Waals surface area contributed by atoms with Crippen molar-refractivity contribution >= 4 is 33.8 Å². The minimum atomic E-state index is -0.197. The summed E-state index contributed by atoms with van der Waals surface area (Å²) >= 11 is 6.11. The molecule has 1 aromatic carbocycles. The Morgan fingerprint density at radius 2 is 1.76 bits per heavy atom. The molecule has 0 N–H and O–H groups in total. The molecule has 0 aliphatic carbocycles. The van der Waals surface area contributed by atoms with Crippen molar-refractivity contribution in [3.8, 4) is 11.1 Å². The van der Waals surface area contributed by atoms with Crippen LogP contribution in [0.25, 0.3) is 33.3 Å². The number of benzene rings is 1. The van der Waals surface area contributed by atoms with Gasteiger partial charge in [-0.05, 0) is 42.2 Å². The second-order valence-corrected chi connectivity index (χ2v) is 8.74. The van der Waals surface area contributed by atoms with E-state index in [9.17, 15) is 4.79 Å². The number of aryl methyl sites for hydroxylation is 1. The van der Waals surface area contributed by atoms with Gasteiger partial charge in [-0.25, -0.2) is 24.9 Å². The van der Waals surface area contributed by atoms with E-state index in [2.05, 4.69) is 38.4 Å². The lowest BCUT2D eigenvalue weighted by Gasteiger charge is -2.14. The lowest BCUT2D eigenvalue weighted by molar-refractivity contribution is 0.507. The Hall–Kier alpha value is -3.65. The van der Waals surface area contributed by atoms with Gasteiger partial charge in [0.25, 0.3) is 5.56 Å². The van der Waals surface area contributed by atoms with Crippen molar-refractivity contribution in [2.24, 2.45) is 5.92 Å². The fourth-order valence-corrected chi connectivity index (χ4v) is 4.03. The number of pyridine rings is 1. The van der Waals surface area contributed by atoms with E-state index in [1.807, 2.05) is 24.3 Å². The van der Waals surface area contributed by atoms with Gasteiger partial charge in [0, 0.05) is 24.5 Å². The monoisotopic (exact) mass is 459 g/mol. The zero-order valence-corrected chi connectivity index (χ0v) is 19.1. The molecule has 0 saturated carbocycles. The van der Waals surface area contributed by atoms with Gasteiger partial charge in [-0.2, -0.15) is 0 Å². The fourth-order valence-electron chi connectivity index (χ4n) is 3.88. The quantitative estimate of drug-likeness (QED) is 0.351. The van der Waals surface area contributed by atoms with E-state index in [-0.39, 0.29) is 5.56 Å². The molecule has 0 atom stereocenters. The molecule has 4 aromatic heterocycles. The number of halogens is 1. The second kappa shape index (κ2) is 8.71. The van der Waals surface area contributed by atoms with Gasteiger partial charge in [0.2, 0.25) is 0 Å². The first kappa shape index (κ1) is 21.2. The summed E-state index contributed by atoms with van der Waals surface area (Å²) in [5, 5.41) is 0.392. The van der Waals surface area contributed by atoms with Crippen LogP contribution in [0.15, 0.2) is 60.0 Å². The van der Waals surface area contributed by atoms with E-state index in [4.69, 9.17) is 16.6 Å². The Balaban J connectivity index is 1.65. The molecule has 9 heteroatoms. The highest BCUT2D eigenvalue weighted by atomic mass is 35.5. The number of nitrogens with zero attached hydrogens (tertiary/aromatic N) is 7. The van der Waals surface area contributed by atoms with E-state index in [0.717, 1.165) is 46.5 Å². The molecule has 0 saturated heterocycles. The van der Waals surface area contributed by atoms with Gasteiger partial charge in [-0.1, -0.05) is 31.5 Å². The molecule has 0 amide bonds. The Bertz CT molecular complexity index is 1510. The maximum Gasteiger partial charge on any atom is 0.269 e. The summed E-state index contributed by atoms with van der Waals surface area (Å²) in [6.07, 6.45) is 7.31. The van der Waals surface area contributed by atoms with Crippen LogP contribution in [0, 0.1) is 5.92 Å². The lowest BCUT2D eigenvalue weighted by atomic mass is 10.1. The number of hydrogen-bond donors (Lipinski definition) is 0. The van der Waals surface area contributed by atoms with Gasteiger partial charge in [-0.3, -0.25) is 9.36 Å². The highest BCUT2D eigenvalue weighted by Crippen LogP contribution is 2.24. The minimum absolute atomic E-state index is 0.197. The molecule has 0 fully saturated rings. The number of aromatic nitrogens is 7. The van der Waals surface area contributed by atoms with Crippen LogP contribution in [0.4, 0.5) is 0 Å². The molecular weight excluding hydrogens is 438 g/mol. The summed E-state index contributed by atoms with van der Waals surface area (Å²) in [5.74, 6) is 1.28. The van der Waals surface area contributed by atoms with Crippen LogP contribution in [-0.2, 0) is 13.1 Å². The van der Waals surface area contributed by atoms with Crippen molar-refractivity contribution < 1.29 is 0 Å². The van der Waals surface area contributed by atoms with Crippen molar-refractivity contribution in [2.45, 2.75) is 33.4 Å². The van der Waals surface area contributed by atoms with Crippen molar-refractivity contribution in [1.29, 1.82) is 0 Å². The average Bonchev–Trinajstić information content (AvgIpc) is 3.15. The first-order chi connectivity index (χ1) is 16.0. The molecule has 0 aliphatic heterocycles. The molecule has 5 rings (SSSR count). The van der Waals surface area contributed by atoms with E-state index in [1.165, 1.54) is 12.5 Å².